The largest absolute Gasteiger partial charge is 0.455 e. The van der Waals surface area contributed by atoms with E-state index in [0.717, 1.165) is 24.3 Å². The molecule has 0 fully saturated rings. The predicted octanol–water partition coefficient (Wildman–Crippen LogP) is 4.68. The first-order valence-corrected chi connectivity index (χ1v) is 7.23. The first-order valence-electron chi connectivity index (χ1n) is 6.47. The van der Waals surface area contributed by atoms with E-state index in [4.69, 9.17) is 27.9 Å². The Morgan fingerprint density at radius 2 is 2.05 bits per heavy atom. The first kappa shape index (κ1) is 15.1. The van der Waals surface area contributed by atoms with E-state index >= 15 is 0 Å². The monoisotopic (exact) mass is 310 g/mol. The average molecular weight is 311 g/mol. The van der Waals surface area contributed by atoms with E-state index in [1.807, 2.05) is 6.07 Å². The molecule has 0 aliphatic carbocycles. The summed E-state index contributed by atoms with van der Waals surface area (Å²) < 4.78 is 5.86. The zero-order chi connectivity index (χ0) is 14.4. The molecule has 0 saturated carbocycles. The van der Waals surface area contributed by atoms with E-state index in [2.05, 4.69) is 17.2 Å². The van der Waals surface area contributed by atoms with Gasteiger partial charge < -0.3 is 10.1 Å². The van der Waals surface area contributed by atoms with Gasteiger partial charge in [0.15, 0.2) is 0 Å². The molecule has 0 aliphatic rings. The van der Waals surface area contributed by atoms with Crippen molar-refractivity contribution in [3.8, 4) is 11.5 Å². The summed E-state index contributed by atoms with van der Waals surface area (Å²) in [4.78, 5) is 4.13. The van der Waals surface area contributed by atoms with Crippen molar-refractivity contribution in [3.63, 3.8) is 0 Å². The molecule has 0 atom stereocenters. The van der Waals surface area contributed by atoms with Gasteiger partial charge in [-0.25, -0.2) is 0 Å². The lowest BCUT2D eigenvalue weighted by Crippen LogP contribution is -2.14. The number of rotatable bonds is 6. The van der Waals surface area contributed by atoms with E-state index in [-0.39, 0.29) is 0 Å². The molecular weight excluding hydrogens is 295 g/mol. The zero-order valence-corrected chi connectivity index (χ0v) is 12.7. The van der Waals surface area contributed by atoms with E-state index in [0.29, 0.717) is 22.3 Å². The smallest absolute Gasteiger partial charge is 0.146 e. The number of halogens is 2. The maximum Gasteiger partial charge on any atom is 0.146 e. The number of benzene rings is 1. The summed E-state index contributed by atoms with van der Waals surface area (Å²) >= 11 is 12.0. The molecular formula is C15H16Cl2N2O. The third-order valence-electron chi connectivity index (χ3n) is 2.71. The van der Waals surface area contributed by atoms with Gasteiger partial charge in [0, 0.05) is 29.5 Å². The van der Waals surface area contributed by atoms with Crippen LogP contribution in [0.3, 0.4) is 0 Å². The molecule has 0 spiro atoms. The minimum absolute atomic E-state index is 0.488. The highest BCUT2D eigenvalue weighted by molar-refractivity contribution is 6.35. The molecule has 0 amide bonds. The maximum atomic E-state index is 6.12. The number of nitrogens with one attached hydrogen (secondary N) is 1. The molecule has 0 radical (unpaired) electrons. The normalized spacial score (nSPS) is 10.6. The highest BCUT2D eigenvalue weighted by Crippen LogP contribution is 2.32. The Morgan fingerprint density at radius 3 is 2.80 bits per heavy atom. The van der Waals surface area contributed by atoms with E-state index in [1.54, 1.807) is 30.6 Å². The summed E-state index contributed by atoms with van der Waals surface area (Å²) in [6, 6.07) is 7.00. The first-order chi connectivity index (χ1) is 9.70. The molecule has 1 aromatic carbocycles. The predicted molar refractivity (Wildman–Crippen MR) is 82.8 cm³/mol. The van der Waals surface area contributed by atoms with Crippen LogP contribution in [0.15, 0.2) is 36.7 Å². The van der Waals surface area contributed by atoms with Crippen LogP contribution >= 0.6 is 23.2 Å². The Bertz CT molecular complexity index is 576. The van der Waals surface area contributed by atoms with Crippen molar-refractivity contribution in [2.75, 3.05) is 6.54 Å². The third-order valence-corrected chi connectivity index (χ3v) is 3.25. The average Bonchev–Trinajstić information content (AvgIpc) is 2.44. The quantitative estimate of drug-likeness (QED) is 0.787. The maximum absolute atomic E-state index is 6.12. The van der Waals surface area contributed by atoms with E-state index < -0.39 is 0 Å². The Kier molecular flexibility index (Phi) is 5.65. The van der Waals surface area contributed by atoms with Gasteiger partial charge in [-0.3, -0.25) is 4.98 Å². The van der Waals surface area contributed by atoms with Gasteiger partial charge in [0.1, 0.15) is 11.5 Å². The minimum Gasteiger partial charge on any atom is -0.455 e. The van der Waals surface area contributed by atoms with Gasteiger partial charge >= 0.3 is 0 Å². The highest BCUT2D eigenvalue weighted by atomic mass is 35.5. The number of hydrogen-bond donors (Lipinski definition) is 1. The SMILES string of the molecule is CCCNCc1cnccc1Oc1ccc(Cl)cc1Cl. The molecule has 2 rings (SSSR count). The van der Waals surface area contributed by atoms with Crippen LogP contribution in [-0.4, -0.2) is 11.5 Å². The van der Waals surface area contributed by atoms with Gasteiger partial charge in [0.2, 0.25) is 0 Å². The topological polar surface area (TPSA) is 34.2 Å². The summed E-state index contributed by atoms with van der Waals surface area (Å²) in [5, 5.41) is 4.40. The van der Waals surface area contributed by atoms with Crippen molar-refractivity contribution in [1.82, 2.24) is 10.3 Å². The van der Waals surface area contributed by atoms with Crippen LogP contribution in [0.25, 0.3) is 0 Å². The molecule has 0 bridgehead atoms. The van der Waals surface area contributed by atoms with Crippen LogP contribution in [-0.2, 0) is 6.54 Å². The molecule has 1 aromatic heterocycles. The Morgan fingerprint density at radius 1 is 1.20 bits per heavy atom. The van der Waals surface area contributed by atoms with E-state index in [1.165, 1.54) is 0 Å². The molecule has 5 heteroatoms. The summed E-state index contributed by atoms with van der Waals surface area (Å²) in [5.74, 6) is 1.33. The second-order valence-electron chi connectivity index (χ2n) is 4.34. The summed E-state index contributed by atoms with van der Waals surface area (Å²) in [6.07, 6.45) is 4.57. The molecule has 0 unspecified atom stereocenters. The second kappa shape index (κ2) is 7.48. The van der Waals surface area contributed by atoms with Crippen molar-refractivity contribution >= 4 is 23.2 Å². The second-order valence-corrected chi connectivity index (χ2v) is 5.18. The van der Waals surface area contributed by atoms with Crippen molar-refractivity contribution in [2.24, 2.45) is 0 Å². The van der Waals surface area contributed by atoms with Crippen molar-refractivity contribution in [1.29, 1.82) is 0 Å². The lowest BCUT2D eigenvalue weighted by Gasteiger charge is -2.12. The fourth-order valence-corrected chi connectivity index (χ4v) is 2.17. The zero-order valence-electron chi connectivity index (χ0n) is 11.2. The molecule has 1 heterocycles. The van der Waals surface area contributed by atoms with Gasteiger partial charge in [-0.15, -0.1) is 0 Å². The molecule has 1 N–H and O–H groups in total. The van der Waals surface area contributed by atoms with Gasteiger partial charge in [0.25, 0.3) is 0 Å². The molecule has 0 aliphatic heterocycles. The van der Waals surface area contributed by atoms with Crippen LogP contribution in [0.4, 0.5) is 0 Å². The van der Waals surface area contributed by atoms with Crippen LogP contribution in [0.2, 0.25) is 10.0 Å². The Labute approximate surface area is 128 Å². The van der Waals surface area contributed by atoms with Gasteiger partial charge in [-0.1, -0.05) is 30.1 Å². The van der Waals surface area contributed by atoms with Gasteiger partial charge in [0.05, 0.1) is 5.02 Å². The molecule has 20 heavy (non-hydrogen) atoms. The van der Waals surface area contributed by atoms with Crippen molar-refractivity contribution < 1.29 is 4.74 Å². The number of pyridine rings is 1. The van der Waals surface area contributed by atoms with Crippen LogP contribution in [0.1, 0.15) is 18.9 Å². The summed E-state index contributed by atoms with van der Waals surface area (Å²) in [6.45, 7) is 3.79. The Balaban J connectivity index is 2.16. The lowest BCUT2D eigenvalue weighted by atomic mass is 10.2. The lowest BCUT2D eigenvalue weighted by molar-refractivity contribution is 0.472. The summed E-state index contributed by atoms with van der Waals surface area (Å²) in [5.41, 5.74) is 0.993. The summed E-state index contributed by atoms with van der Waals surface area (Å²) in [7, 11) is 0. The minimum atomic E-state index is 0.488. The van der Waals surface area contributed by atoms with Crippen molar-refractivity contribution in [2.45, 2.75) is 19.9 Å². The fourth-order valence-electron chi connectivity index (χ4n) is 1.72. The van der Waals surface area contributed by atoms with Crippen LogP contribution in [0.5, 0.6) is 11.5 Å². The molecule has 106 valence electrons. The number of hydrogen-bond acceptors (Lipinski definition) is 3. The standard InChI is InChI=1S/C15H16Cl2N2O/c1-2-6-18-9-11-10-19-7-5-14(11)20-15-4-3-12(16)8-13(15)17/h3-5,7-8,10,18H,2,6,9H2,1H3. The highest BCUT2D eigenvalue weighted by Gasteiger charge is 2.08. The molecule has 0 saturated heterocycles. The van der Waals surface area contributed by atoms with Gasteiger partial charge in [-0.05, 0) is 37.2 Å². The fraction of sp³-hybridized carbons (Fsp3) is 0.267. The number of nitrogens with zero attached hydrogens (tertiary/aromatic N) is 1. The number of aromatic nitrogens is 1. The van der Waals surface area contributed by atoms with Crippen LogP contribution in [0, 0.1) is 0 Å². The van der Waals surface area contributed by atoms with E-state index in [9.17, 15) is 0 Å². The van der Waals surface area contributed by atoms with Gasteiger partial charge in [-0.2, -0.15) is 0 Å². The molecule has 2 aromatic rings. The van der Waals surface area contributed by atoms with Crippen LogP contribution < -0.4 is 10.1 Å². The Hall–Kier alpha value is -1.29. The number of ether oxygens (including phenoxy) is 1. The van der Waals surface area contributed by atoms with Crippen molar-refractivity contribution in [3.05, 3.63) is 52.3 Å². The third kappa shape index (κ3) is 4.10. The molecule has 3 nitrogen and oxygen atoms in total.